The number of benzene rings is 1. The van der Waals surface area contributed by atoms with Crippen molar-refractivity contribution in [2.75, 3.05) is 12.4 Å². The van der Waals surface area contributed by atoms with Crippen molar-refractivity contribution in [2.45, 2.75) is 45.2 Å². The van der Waals surface area contributed by atoms with E-state index in [4.69, 9.17) is 17.0 Å². The molecule has 7 heteroatoms. The lowest BCUT2D eigenvalue weighted by Crippen LogP contribution is -2.49. The molecule has 1 aliphatic rings. The van der Waals surface area contributed by atoms with Crippen molar-refractivity contribution in [2.24, 2.45) is 0 Å². The van der Waals surface area contributed by atoms with Crippen LogP contribution in [0.2, 0.25) is 0 Å². The molecule has 0 aromatic heterocycles. The summed E-state index contributed by atoms with van der Waals surface area (Å²) < 4.78 is 5.23. The number of nitro groups is 1. The maximum atomic E-state index is 10.8. The molecule has 1 N–H and O–H groups in total. The van der Waals surface area contributed by atoms with Gasteiger partial charge in [0.05, 0.1) is 23.8 Å². The second kappa shape index (κ2) is 6.91. The summed E-state index contributed by atoms with van der Waals surface area (Å²) in [5, 5.41) is 14.6. The van der Waals surface area contributed by atoms with Crippen molar-refractivity contribution in [1.82, 2.24) is 4.90 Å². The standard InChI is InChI=1S/C15H21N3O3S/c1-10-5-4-6-11(2)17(10)15(22)16-13-8-7-12(18(19)20)9-14(13)21-3/h7-11H,4-6H2,1-3H3,(H,16,22). The average Bonchev–Trinajstić information content (AvgIpc) is 2.47. The molecule has 1 fully saturated rings. The Kier molecular flexibility index (Phi) is 5.18. The molecule has 2 unspecified atom stereocenters. The topological polar surface area (TPSA) is 67.6 Å². The number of ether oxygens (including phenoxy) is 1. The molecule has 1 aliphatic heterocycles. The normalized spacial score (nSPS) is 21.3. The lowest BCUT2D eigenvalue weighted by Gasteiger charge is -2.41. The molecule has 0 spiro atoms. The fourth-order valence-electron chi connectivity index (χ4n) is 2.90. The summed E-state index contributed by atoms with van der Waals surface area (Å²) in [6.07, 6.45) is 3.44. The maximum absolute atomic E-state index is 10.8. The predicted octanol–water partition coefficient (Wildman–Crippen LogP) is 3.56. The van der Waals surface area contributed by atoms with Gasteiger partial charge in [-0.25, -0.2) is 0 Å². The molecule has 1 aromatic carbocycles. The third-order valence-corrected chi connectivity index (χ3v) is 4.38. The first-order chi connectivity index (χ1) is 10.4. The van der Waals surface area contributed by atoms with Crippen molar-refractivity contribution in [3.63, 3.8) is 0 Å². The van der Waals surface area contributed by atoms with Gasteiger partial charge in [-0.1, -0.05) is 0 Å². The largest absolute Gasteiger partial charge is 0.494 e. The van der Waals surface area contributed by atoms with Crippen molar-refractivity contribution in [3.05, 3.63) is 28.3 Å². The molecule has 2 atom stereocenters. The van der Waals surface area contributed by atoms with Crippen LogP contribution >= 0.6 is 12.2 Å². The summed E-state index contributed by atoms with van der Waals surface area (Å²) in [5.74, 6) is 0.411. The molecule has 1 saturated heterocycles. The number of piperidine rings is 1. The van der Waals surface area contributed by atoms with Crippen LogP contribution in [0.25, 0.3) is 0 Å². The second-order valence-corrected chi connectivity index (χ2v) is 5.99. The van der Waals surface area contributed by atoms with Crippen molar-refractivity contribution >= 4 is 28.7 Å². The van der Waals surface area contributed by atoms with E-state index in [0.717, 1.165) is 12.8 Å². The van der Waals surface area contributed by atoms with E-state index in [2.05, 4.69) is 24.1 Å². The number of nitrogens with zero attached hydrogens (tertiary/aromatic N) is 2. The number of thiocarbonyl (C=S) groups is 1. The number of nitro benzene ring substituents is 1. The van der Waals surface area contributed by atoms with E-state index in [9.17, 15) is 10.1 Å². The summed E-state index contributed by atoms with van der Waals surface area (Å²) in [4.78, 5) is 12.6. The molecule has 0 bridgehead atoms. The van der Waals surface area contributed by atoms with Crippen LogP contribution in [0.5, 0.6) is 5.75 Å². The van der Waals surface area contributed by atoms with E-state index >= 15 is 0 Å². The minimum absolute atomic E-state index is 0.00646. The first kappa shape index (κ1) is 16.5. The Labute approximate surface area is 135 Å². The van der Waals surface area contributed by atoms with Crippen LogP contribution in [0.15, 0.2) is 18.2 Å². The van der Waals surface area contributed by atoms with Crippen molar-refractivity contribution in [1.29, 1.82) is 0 Å². The van der Waals surface area contributed by atoms with E-state index in [1.54, 1.807) is 6.07 Å². The molecule has 120 valence electrons. The Bertz CT molecular complexity index is 569. The first-order valence-corrected chi connectivity index (χ1v) is 7.76. The quantitative estimate of drug-likeness (QED) is 0.521. The molecule has 2 rings (SSSR count). The van der Waals surface area contributed by atoms with E-state index in [-0.39, 0.29) is 5.69 Å². The number of non-ortho nitro benzene ring substituents is 1. The zero-order valence-electron chi connectivity index (χ0n) is 13.0. The molecular weight excluding hydrogens is 302 g/mol. The molecule has 0 aliphatic carbocycles. The Morgan fingerprint density at radius 1 is 1.41 bits per heavy atom. The zero-order chi connectivity index (χ0) is 16.3. The number of methoxy groups -OCH3 is 1. The summed E-state index contributed by atoms with van der Waals surface area (Å²) >= 11 is 5.53. The Hall–Kier alpha value is -1.89. The van der Waals surface area contributed by atoms with E-state index in [1.807, 2.05) is 0 Å². The highest BCUT2D eigenvalue weighted by molar-refractivity contribution is 7.80. The summed E-state index contributed by atoms with van der Waals surface area (Å²) in [6.45, 7) is 4.33. The van der Waals surface area contributed by atoms with Crippen LogP contribution in [0, 0.1) is 10.1 Å². The van der Waals surface area contributed by atoms with Gasteiger partial charge in [0.25, 0.3) is 5.69 Å². The SMILES string of the molecule is COc1cc([N+](=O)[O-])ccc1NC(=S)N1C(C)CCCC1C. The third-order valence-electron chi connectivity index (χ3n) is 4.07. The number of hydrogen-bond acceptors (Lipinski definition) is 4. The summed E-state index contributed by atoms with van der Waals surface area (Å²) in [6, 6.07) is 5.23. The Morgan fingerprint density at radius 3 is 2.59 bits per heavy atom. The molecule has 0 radical (unpaired) electrons. The molecule has 1 heterocycles. The van der Waals surface area contributed by atoms with Gasteiger partial charge in [-0.2, -0.15) is 0 Å². The Morgan fingerprint density at radius 2 is 2.05 bits per heavy atom. The van der Waals surface area contributed by atoms with E-state index < -0.39 is 4.92 Å². The number of rotatable bonds is 3. The van der Waals surface area contributed by atoms with Crippen molar-refractivity contribution in [3.8, 4) is 5.75 Å². The highest BCUT2D eigenvalue weighted by Gasteiger charge is 2.27. The average molecular weight is 323 g/mol. The van der Waals surface area contributed by atoms with Gasteiger partial charge in [0.15, 0.2) is 5.11 Å². The van der Waals surface area contributed by atoms with Crippen LogP contribution in [-0.4, -0.2) is 34.1 Å². The molecule has 6 nitrogen and oxygen atoms in total. The van der Waals surface area contributed by atoms with Gasteiger partial charge in [0.1, 0.15) is 5.75 Å². The maximum Gasteiger partial charge on any atom is 0.273 e. The van der Waals surface area contributed by atoms with Crippen molar-refractivity contribution < 1.29 is 9.66 Å². The van der Waals surface area contributed by atoms with Crippen LogP contribution in [0.1, 0.15) is 33.1 Å². The molecule has 1 aromatic rings. The summed E-state index contributed by atoms with van der Waals surface area (Å²) in [7, 11) is 1.49. The molecule has 0 saturated carbocycles. The molecular formula is C15H21N3O3S. The fraction of sp³-hybridized carbons (Fsp3) is 0.533. The van der Waals surface area contributed by atoms with Gasteiger partial charge >= 0.3 is 0 Å². The van der Waals surface area contributed by atoms with Crippen LogP contribution in [-0.2, 0) is 0 Å². The minimum Gasteiger partial charge on any atom is -0.494 e. The van der Waals surface area contributed by atoms with Crippen LogP contribution in [0.4, 0.5) is 11.4 Å². The number of nitrogens with one attached hydrogen (secondary N) is 1. The van der Waals surface area contributed by atoms with Gasteiger partial charge < -0.3 is 15.0 Å². The lowest BCUT2D eigenvalue weighted by atomic mass is 9.98. The highest BCUT2D eigenvalue weighted by atomic mass is 32.1. The number of likely N-dealkylation sites (tertiary alicyclic amines) is 1. The predicted molar refractivity (Wildman–Crippen MR) is 90.5 cm³/mol. The van der Waals surface area contributed by atoms with Crippen LogP contribution in [0.3, 0.4) is 0 Å². The first-order valence-electron chi connectivity index (χ1n) is 7.35. The smallest absolute Gasteiger partial charge is 0.273 e. The van der Waals surface area contributed by atoms with Gasteiger partial charge in [-0.3, -0.25) is 10.1 Å². The number of hydrogen-bond donors (Lipinski definition) is 1. The Balaban J connectivity index is 2.19. The monoisotopic (exact) mass is 323 g/mol. The minimum atomic E-state index is -0.445. The lowest BCUT2D eigenvalue weighted by molar-refractivity contribution is -0.384. The van der Waals surface area contributed by atoms with Gasteiger partial charge in [-0.05, 0) is 51.4 Å². The van der Waals surface area contributed by atoms with E-state index in [1.165, 1.54) is 25.7 Å². The van der Waals surface area contributed by atoms with Gasteiger partial charge in [-0.15, -0.1) is 0 Å². The second-order valence-electron chi connectivity index (χ2n) is 5.61. The van der Waals surface area contributed by atoms with E-state index in [0.29, 0.717) is 28.6 Å². The molecule has 22 heavy (non-hydrogen) atoms. The zero-order valence-corrected chi connectivity index (χ0v) is 13.9. The fourth-order valence-corrected chi connectivity index (χ4v) is 3.37. The van der Waals surface area contributed by atoms with Crippen LogP contribution < -0.4 is 10.1 Å². The molecule has 0 amide bonds. The summed E-state index contributed by atoms with van der Waals surface area (Å²) in [5.41, 5.74) is 0.635. The third kappa shape index (κ3) is 3.47. The van der Waals surface area contributed by atoms with Gasteiger partial charge in [0.2, 0.25) is 0 Å². The van der Waals surface area contributed by atoms with Gasteiger partial charge in [0, 0.05) is 18.2 Å². The number of anilines is 1. The highest BCUT2D eigenvalue weighted by Crippen LogP contribution is 2.30.